The maximum Gasteiger partial charge on any atom is 0.329 e. The Kier molecular flexibility index (Phi) is 7.01. The van der Waals surface area contributed by atoms with E-state index < -0.39 is 29.9 Å². The zero-order valence-corrected chi connectivity index (χ0v) is 12.8. The maximum atomic E-state index is 12.1. The number of nitrogens with two attached hydrogens (primary N) is 2. The number of carbonyl (C=O) groups excluding carboxylic acids is 3. The standard InChI is InChI=1S/C15H21N3O5/c1-2-23-15(22)12(8-13(17)20)18-14(21)11(16)7-9-3-5-10(19)6-4-9/h3-6,11-12,19H,2,7-8,16H2,1H3,(H2,17,20)(H,18,21). The minimum atomic E-state index is -1.16. The molecule has 23 heavy (non-hydrogen) atoms. The highest BCUT2D eigenvalue weighted by Crippen LogP contribution is 2.11. The Bertz CT molecular complexity index is 559. The molecule has 1 aromatic rings. The lowest BCUT2D eigenvalue weighted by Gasteiger charge is -2.18. The molecule has 0 spiro atoms. The molecule has 1 rings (SSSR count). The molecule has 0 saturated heterocycles. The number of hydrogen-bond donors (Lipinski definition) is 4. The maximum absolute atomic E-state index is 12.1. The fourth-order valence-electron chi connectivity index (χ4n) is 1.89. The van der Waals surface area contributed by atoms with E-state index in [4.69, 9.17) is 16.2 Å². The molecule has 0 aliphatic heterocycles. The average Bonchev–Trinajstić information content (AvgIpc) is 2.48. The van der Waals surface area contributed by atoms with E-state index in [2.05, 4.69) is 5.32 Å². The molecule has 1 aromatic carbocycles. The first-order valence-corrected chi connectivity index (χ1v) is 7.12. The summed E-state index contributed by atoms with van der Waals surface area (Å²) in [5, 5.41) is 11.6. The van der Waals surface area contributed by atoms with Gasteiger partial charge in [0.1, 0.15) is 11.8 Å². The smallest absolute Gasteiger partial charge is 0.329 e. The van der Waals surface area contributed by atoms with Gasteiger partial charge in [0.2, 0.25) is 11.8 Å². The molecule has 0 aliphatic rings. The molecule has 8 heteroatoms. The summed E-state index contributed by atoms with van der Waals surface area (Å²) >= 11 is 0. The van der Waals surface area contributed by atoms with E-state index in [1.165, 1.54) is 12.1 Å². The van der Waals surface area contributed by atoms with E-state index in [0.717, 1.165) is 5.56 Å². The minimum Gasteiger partial charge on any atom is -0.508 e. The van der Waals surface area contributed by atoms with Crippen LogP contribution in [0.5, 0.6) is 5.75 Å². The van der Waals surface area contributed by atoms with Crippen LogP contribution in [0.3, 0.4) is 0 Å². The fraction of sp³-hybridized carbons (Fsp3) is 0.400. The van der Waals surface area contributed by atoms with E-state index in [1.54, 1.807) is 19.1 Å². The van der Waals surface area contributed by atoms with Crippen LogP contribution in [-0.4, -0.2) is 41.6 Å². The minimum absolute atomic E-state index is 0.107. The van der Waals surface area contributed by atoms with Crippen molar-refractivity contribution in [2.75, 3.05) is 6.61 Å². The number of phenolic OH excluding ortho intramolecular Hbond substituents is 1. The lowest BCUT2D eigenvalue weighted by molar-refractivity contribution is -0.148. The number of phenols is 1. The first-order valence-electron chi connectivity index (χ1n) is 7.12. The van der Waals surface area contributed by atoms with Crippen molar-refractivity contribution in [2.24, 2.45) is 11.5 Å². The van der Waals surface area contributed by atoms with Crippen molar-refractivity contribution in [1.82, 2.24) is 5.32 Å². The van der Waals surface area contributed by atoms with Crippen LogP contribution in [-0.2, 0) is 25.5 Å². The summed E-state index contributed by atoms with van der Waals surface area (Å²) in [6, 6.07) is 4.14. The molecule has 2 atom stereocenters. The van der Waals surface area contributed by atoms with Crippen LogP contribution in [0.1, 0.15) is 18.9 Å². The van der Waals surface area contributed by atoms with Gasteiger partial charge >= 0.3 is 5.97 Å². The molecule has 0 fully saturated rings. The van der Waals surface area contributed by atoms with Crippen LogP contribution >= 0.6 is 0 Å². The number of amides is 2. The largest absolute Gasteiger partial charge is 0.508 e. The third-order valence-electron chi connectivity index (χ3n) is 3.02. The zero-order valence-electron chi connectivity index (χ0n) is 12.8. The lowest BCUT2D eigenvalue weighted by Crippen LogP contribution is -2.50. The monoisotopic (exact) mass is 323 g/mol. The van der Waals surface area contributed by atoms with E-state index in [1.807, 2.05) is 0 Å². The molecule has 2 amide bonds. The SMILES string of the molecule is CCOC(=O)C(CC(N)=O)NC(=O)C(N)Cc1ccc(O)cc1. The van der Waals surface area contributed by atoms with Gasteiger partial charge in [-0.25, -0.2) is 4.79 Å². The molecule has 0 bridgehead atoms. The third kappa shape index (κ3) is 6.35. The number of primary amides is 1. The number of rotatable bonds is 8. The van der Waals surface area contributed by atoms with Crippen LogP contribution in [0.15, 0.2) is 24.3 Å². The van der Waals surface area contributed by atoms with Gasteiger partial charge in [-0.15, -0.1) is 0 Å². The molecule has 0 aromatic heterocycles. The molecule has 0 saturated carbocycles. The van der Waals surface area contributed by atoms with Gasteiger partial charge in [-0.05, 0) is 31.0 Å². The Morgan fingerprint density at radius 1 is 1.26 bits per heavy atom. The number of aromatic hydroxyl groups is 1. The van der Waals surface area contributed by atoms with Crippen molar-refractivity contribution in [1.29, 1.82) is 0 Å². The highest BCUT2D eigenvalue weighted by molar-refractivity contribution is 5.90. The molecular formula is C15H21N3O5. The molecule has 2 unspecified atom stereocenters. The van der Waals surface area contributed by atoms with Gasteiger partial charge in [0.15, 0.2) is 0 Å². The van der Waals surface area contributed by atoms with Crippen LogP contribution in [0.2, 0.25) is 0 Å². The second kappa shape index (κ2) is 8.74. The number of esters is 1. The van der Waals surface area contributed by atoms with Gasteiger partial charge in [-0.1, -0.05) is 12.1 Å². The quantitative estimate of drug-likeness (QED) is 0.460. The fourth-order valence-corrected chi connectivity index (χ4v) is 1.89. The first-order chi connectivity index (χ1) is 10.8. The number of carbonyl (C=O) groups is 3. The van der Waals surface area contributed by atoms with Gasteiger partial charge in [-0.2, -0.15) is 0 Å². The van der Waals surface area contributed by atoms with Gasteiger partial charge in [0.05, 0.1) is 19.1 Å². The number of hydrogen-bond acceptors (Lipinski definition) is 6. The summed E-state index contributed by atoms with van der Waals surface area (Å²) < 4.78 is 4.79. The van der Waals surface area contributed by atoms with Crippen molar-refractivity contribution in [3.8, 4) is 5.75 Å². The average molecular weight is 323 g/mol. The van der Waals surface area contributed by atoms with Crippen LogP contribution in [0.4, 0.5) is 0 Å². The number of nitrogens with one attached hydrogen (secondary N) is 1. The molecular weight excluding hydrogens is 302 g/mol. The van der Waals surface area contributed by atoms with Crippen molar-refractivity contribution in [3.05, 3.63) is 29.8 Å². The number of benzene rings is 1. The second-order valence-electron chi connectivity index (χ2n) is 4.96. The Labute approximate surface area is 133 Å². The summed E-state index contributed by atoms with van der Waals surface area (Å²) in [6.07, 6.45) is -0.158. The van der Waals surface area contributed by atoms with Crippen LogP contribution in [0.25, 0.3) is 0 Å². The zero-order chi connectivity index (χ0) is 17.4. The highest BCUT2D eigenvalue weighted by atomic mass is 16.5. The van der Waals surface area contributed by atoms with Crippen molar-refractivity contribution in [3.63, 3.8) is 0 Å². The van der Waals surface area contributed by atoms with Gasteiger partial charge in [0, 0.05) is 0 Å². The lowest BCUT2D eigenvalue weighted by atomic mass is 10.1. The Morgan fingerprint density at radius 2 is 1.87 bits per heavy atom. The summed E-state index contributed by atoms with van der Waals surface area (Å²) in [4.78, 5) is 34.8. The van der Waals surface area contributed by atoms with E-state index in [9.17, 15) is 19.5 Å². The first kappa shape index (κ1) is 18.4. The predicted molar refractivity (Wildman–Crippen MR) is 82.2 cm³/mol. The summed E-state index contributed by atoms with van der Waals surface area (Å²) in [6.45, 7) is 1.72. The molecule has 6 N–H and O–H groups in total. The molecule has 126 valence electrons. The summed E-state index contributed by atoms with van der Waals surface area (Å²) in [7, 11) is 0. The topological polar surface area (TPSA) is 145 Å². The highest BCUT2D eigenvalue weighted by Gasteiger charge is 2.26. The molecule has 8 nitrogen and oxygen atoms in total. The van der Waals surface area contributed by atoms with Crippen molar-refractivity contribution < 1.29 is 24.2 Å². The summed E-state index contributed by atoms with van der Waals surface area (Å²) in [5.41, 5.74) is 11.6. The summed E-state index contributed by atoms with van der Waals surface area (Å²) in [5.74, 6) is -1.97. The van der Waals surface area contributed by atoms with Crippen molar-refractivity contribution >= 4 is 17.8 Å². The van der Waals surface area contributed by atoms with Crippen LogP contribution < -0.4 is 16.8 Å². The van der Waals surface area contributed by atoms with E-state index >= 15 is 0 Å². The molecule has 0 aliphatic carbocycles. The Balaban J connectivity index is 2.67. The van der Waals surface area contributed by atoms with Gasteiger partial charge in [-0.3, -0.25) is 9.59 Å². The van der Waals surface area contributed by atoms with Gasteiger partial charge in [0.25, 0.3) is 0 Å². The Hall–Kier alpha value is -2.61. The predicted octanol–water partition coefficient (Wildman–Crippen LogP) is -0.815. The second-order valence-corrected chi connectivity index (χ2v) is 4.96. The molecule has 0 heterocycles. The van der Waals surface area contributed by atoms with E-state index in [-0.39, 0.29) is 25.2 Å². The van der Waals surface area contributed by atoms with Gasteiger partial charge < -0.3 is 26.6 Å². The number of ether oxygens (including phenoxy) is 1. The third-order valence-corrected chi connectivity index (χ3v) is 3.02. The Morgan fingerprint density at radius 3 is 2.39 bits per heavy atom. The molecule has 0 radical (unpaired) electrons. The van der Waals surface area contributed by atoms with Crippen LogP contribution in [0, 0.1) is 0 Å². The normalized spacial score (nSPS) is 13.0. The van der Waals surface area contributed by atoms with Crippen molar-refractivity contribution in [2.45, 2.75) is 31.8 Å². The van der Waals surface area contributed by atoms with E-state index in [0.29, 0.717) is 0 Å².